The molecule has 1 aliphatic rings. The number of likely N-dealkylation sites (tertiary alicyclic amines) is 1. The molecular formula is C21H23FN4. The Bertz CT molecular complexity index is 864. The zero-order valence-corrected chi connectivity index (χ0v) is 15.0. The number of rotatable bonds is 4. The maximum absolute atomic E-state index is 13.0. The Hall–Kier alpha value is -2.53. The third-order valence-corrected chi connectivity index (χ3v) is 5.15. The molecule has 1 aliphatic heterocycles. The minimum Gasteiger partial charge on any atom is -0.299 e. The minimum atomic E-state index is -0.174. The number of aryl methyl sites for hydroxylation is 1. The lowest BCUT2D eigenvalue weighted by Gasteiger charge is -2.31. The summed E-state index contributed by atoms with van der Waals surface area (Å²) in [7, 11) is 0. The van der Waals surface area contributed by atoms with Crippen LogP contribution in [0.5, 0.6) is 0 Å². The van der Waals surface area contributed by atoms with Gasteiger partial charge in [0.2, 0.25) is 0 Å². The van der Waals surface area contributed by atoms with Gasteiger partial charge in [0, 0.05) is 30.6 Å². The zero-order chi connectivity index (χ0) is 17.9. The largest absolute Gasteiger partial charge is 0.299 e. The lowest BCUT2D eigenvalue weighted by Crippen LogP contribution is -2.32. The highest BCUT2D eigenvalue weighted by molar-refractivity contribution is 5.28. The first kappa shape index (κ1) is 16.9. The van der Waals surface area contributed by atoms with E-state index in [0.717, 1.165) is 49.8 Å². The quantitative estimate of drug-likeness (QED) is 0.710. The average molecular weight is 350 g/mol. The summed E-state index contributed by atoms with van der Waals surface area (Å²) in [6.07, 6.45) is 5.95. The summed E-state index contributed by atoms with van der Waals surface area (Å²) in [5.74, 6) is 2.20. The average Bonchev–Trinajstić information content (AvgIpc) is 3.10. The van der Waals surface area contributed by atoms with Crippen molar-refractivity contribution in [3.63, 3.8) is 0 Å². The molecule has 1 saturated heterocycles. The number of nitrogens with zero attached hydrogens (tertiary/aromatic N) is 4. The normalized spacial score (nSPS) is 16.1. The third-order valence-electron chi connectivity index (χ3n) is 5.15. The Kier molecular flexibility index (Phi) is 4.80. The fourth-order valence-electron chi connectivity index (χ4n) is 3.66. The van der Waals surface area contributed by atoms with Crippen LogP contribution in [0.2, 0.25) is 0 Å². The summed E-state index contributed by atoms with van der Waals surface area (Å²) in [6, 6.07) is 13.1. The Morgan fingerprint density at radius 3 is 2.54 bits per heavy atom. The zero-order valence-electron chi connectivity index (χ0n) is 15.0. The summed E-state index contributed by atoms with van der Waals surface area (Å²) in [5.41, 5.74) is 2.33. The standard InChI is InChI=1S/C21H23FN4/c1-16-23-11-14-26(16)21-4-2-3-20(24-21)18-9-12-25(13-10-18)15-17-5-7-19(22)8-6-17/h2-8,11,14,18H,9-10,12-13,15H2,1H3. The third kappa shape index (κ3) is 3.68. The number of piperidine rings is 1. The molecule has 0 N–H and O–H groups in total. The van der Waals surface area contributed by atoms with Crippen LogP contribution in [0.1, 0.15) is 35.8 Å². The fourth-order valence-corrected chi connectivity index (χ4v) is 3.66. The lowest BCUT2D eigenvalue weighted by atomic mass is 9.93. The van der Waals surface area contributed by atoms with E-state index in [-0.39, 0.29) is 5.82 Å². The molecule has 3 aromatic rings. The molecule has 1 aromatic carbocycles. The smallest absolute Gasteiger partial charge is 0.138 e. The second-order valence-electron chi connectivity index (χ2n) is 6.94. The topological polar surface area (TPSA) is 34.0 Å². The predicted octanol–water partition coefficient (Wildman–Crippen LogP) is 4.09. The second kappa shape index (κ2) is 7.38. The van der Waals surface area contributed by atoms with Crippen molar-refractivity contribution in [3.05, 3.63) is 77.8 Å². The van der Waals surface area contributed by atoms with E-state index in [2.05, 4.69) is 22.0 Å². The van der Waals surface area contributed by atoms with Crippen LogP contribution in [0.4, 0.5) is 4.39 Å². The van der Waals surface area contributed by atoms with Crippen molar-refractivity contribution in [2.24, 2.45) is 0 Å². The molecule has 26 heavy (non-hydrogen) atoms. The van der Waals surface area contributed by atoms with Gasteiger partial charge in [0.25, 0.3) is 0 Å². The first-order valence-corrected chi connectivity index (χ1v) is 9.13. The lowest BCUT2D eigenvalue weighted by molar-refractivity contribution is 0.203. The Morgan fingerprint density at radius 2 is 1.85 bits per heavy atom. The summed E-state index contributed by atoms with van der Waals surface area (Å²) >= 11 is 0. The molecular weight excluding hydrogens is 327 g/mol. The van der Waals surface area contributed by atoms with Gasteiger partial charge >= 0.3 is 0 Å². The van der Waals surface area contributed by atoms with Crippen molar-refractivity contribution in [3.8, 4) is 5.82 Å². The van der Waals surface area contributed by atoms with E-state index < -0.39 is 0 Å². The van der Waals surface area contributed by atoms with Crippen LogP contribution in [-0.4, -0.2) is 32.5 Å². The molecule has 134 valence electrons. The van der Waals surface area contributed by atoms with Gasteiger partial charge < -0.3 is 0 Å². The molecule has 0 amide bonds. The predicted molar refractivity (Wildman–Crippen MR) is 99.7 cm³/mol. The summed E-state index contributed by atoms with van der Waals surface area (Å²) < 4.78 is 15.1. The molecule has 4 nitrogen and oxygen atoms in total. The van der Waals surface area contributed by atoms with Crippen LogP contribution in [0.25, 0.3) is 5.82 Å². The number of benzene rings is 1. The van der Waals surface area contributed by atoms with Gasteiger partial charge in [0.05, 0.1) is 0 Å². The maximum atomic E-state index is 13.0. The second-order valence-corrected chi connectivity index (χ2v) is 6.94. The van der Waals surface area contributed by atoms with Gasteiger partial charge in [-0.1, -0.05) is 18.2 Å². The highest BCUT2D eigenvalue weighted by atomic mass is 19.1. The van der Waals surface area contributed by atoms with E-state index in [9.17, 15) is 4.39 Å². The molecule has 2 aromatic heterocycles. The SMILES string of the molecule is Cc1nccn1-c1cccc(C2CCN(Cc3ccc(F)cc3)CC2)n1. The van der Waals surface area contributed by atoms with Gasteiger partial charge in [-0.3, -0.25) is 9.47 Å². The molecule has 0 aliphatic carbocycles. The van der Waals surface area contributed by atoms with Crippen molar-refractivity contribution in [2.45, 2.75) is 32.2 Å². The number of imidazole rings is 1. The van der Waals surface area contributed by atoms with Crippen molar-refractivity contribution >= 4 is 0 Å². The Balaban J connectivity index is 1.40. The fraction of sp³-hybridized carbons (Fsp3) is 0.333. The molecule has 5 heteroatoms. The molecule has 1 fully saturated rings. The van der Waals surface area contributed by atoms with Crippen LogP contribution >= 0.6 is 0 Å². The van der Waals surface area contributed by atoms with Crippen LogP contribution in [-0.2, 0) is 6.54 Å². The van der Waals surface area contributed by atoms with E-state index in [1.165, 1.54) is 17.7 Å². The molecule has 0 saturated carbocycles. The van der Waals surface area contributed by atoms with E-state index >= 15 is 0 Å². The first-order chi connectivity index (χ1) is 12.7. The van der Waals surface area contributed by atoms with Gasteiger partial charge in [0.15, 0.2) is 0 Å². The summed E-state index contributed by atoms with van der Waals surface area (Å²) in [4.78, 5) is 11.6. The number of halogens is 1. The summed E-state index contributed by atoms with van der Waals surface area (Å²) in [5, 5.41) is 0. The first-order valence-electron chi connectivity index (χ1n) is 9.13. The van der Waals surface area contributed by atoms with E-state index in [0.29, 0.717) is 5.92 Å². The van der Waals surface area contributed by atoms with Crippen LogP contribution in [0.15, 0.2) is 54.9 Å². The highest BCUT2D eigenvalue weighted by Crippen LogP contribution is 2.28. The Morgan fingerprint density at radius 1 is 1.08 bits per heavy atom. The van der Waals surface area contributed by atoms with Gasteiger partial charge in [-0.15, -0.1) is 0 Å². The molecule has 3 heterocycles. The highest BCUT2D eigenvalue weighted by Gasteiger charge is 2.22. The van der Waals surface area contributed by atoms with Crippen molar-refractivity contribution in [1.82, 2.24) is 19.4 Å². The Labute approximate surface area is 153 Å². The van der Waals surface area contributed by atoms with Gasteiger partial charge in [-0.05, 0) is 62.7 Å². The van der Waals surface area contributed by atoms with Crippen molar-refractivity contribution in [2.75, 3.05) is 13.1 Å². The monoisotopic (exact) mass is 350 g/mol. The molecule has 0 unspecified atom stereocenters. The van der Waals surface area contributed by atoms with Crippen LogP contribution in [0, 0.1) is 12.7 Å². The van der Waals surface area contributed by atoms with Gasteiger partial charge in [0.1, 0.15) is 17.5 Å². The molecule has 0 bridgehead atoms. The molecule has 0 radical (unpaired) electrons. The van der Waals surface area contributed by atoms with E-state index in [4.69, 9.17) is 4.98 Å². The van der Waals surface area contributed by atoms with Gasteiger partial charge in [-0.25, -0.2) is 14.4 Å². The number of aromatic nitrogens is 3. The van der Waals surface area contributed by atoms with Crippen LogP contribution < -0.4 is 0 Å². The molecule has 4 rings (SSSR count). The van der Waals surface area contributed by atoms with E-state index in [1.807, 2.05) is 35.9 Å². The number of hydrogen-bond donors (Lipinski definition) is 0. The summed E-state index contributed by atoms with van der Waals surface area (Å²) in [6.45, 7) is 4.95. The minimum absolute atomic E-state index is 0.174. The molecule has 0 spiro atoms. The van der Waals surface area contributed by atoms with Crippen molar-refractivity contribution in [1.29, 1.82) is 0 Å². The van der Waals surface area contributed by atoms with Crippen LogP contribution in [0.3, 0.4) is 0 Å². The van der Waals surface area contributed by atoms with E-state index in [1.54, 1.807) is 6.20 Å². The number of pyridine rings is 1. The van der Waals surface area contributed by atoms with Gasteiger partial charge in [-0.2, -0.15) is 0 Å². The maximum Gasteiger partial charge on any atom is 0.138 e. The molecule has 0 atom stereocenters. The number of hydrogen-bond acceptors (Lipinski definition) is 3. The van der Waals surface area contributed by atoms with Crippen molar-refractivity contribution < 1.29 is 4.39 Å².